The van der Waals surface area contributed by atoms with Gasteiger partial charge in [-0.2, -0.15) is 0 Å². The number of hydrogen-bond acceptors (Lipinski definition) is 6. The molecule has 0 bridgehead atoms. The van der Waals surface area contributed by atoms with E-state index in [4.69, 9.17) is 14.2 Å². The first kappa shape index (κ1) is 58.4. The van der Waals surface area contributed by atoms with Crippen LogP contribution in [0.25, 0.3) is 0 Å². The average molecular weight is 849 g/mol. The zero-order chi connectivity index (χ0) is 44.0. The molecule has 0 aromatic carbocycles. The molecule has 0 aromatic rings. The third kappa shape index (κ3) is 45.9. The third-order valence-electron chi connectivity index (χ3n) is 12.6. The maximum atomic E-state index is 12.8. The van der Waals surface area contributed by atoms with Gasteiger partial charge in [-0.3, -0.25) is 14.4 Å². The Labute approximate surface area is 374 Å². The highest BCUT2D eigenvalue weighted by Crippen LogP contribution is 2.18. The molecule has 0 aliphatic heterocycles. The van der Waals surface area contributed by atoms with Crippen molar-refractivity contribution in [2.45, 2.75) is 304 Å². The maximum absolute atomic E-state index is 12.8. The minimum Gasteiger partial charge on any atom is -0.462 e. The van der Waals surface area contributed by atoms with Gasteiger partial charge >= 0.3 is 17.9 Å². The monoisotopic (exact) mass is 849 g/mol. The number of carbonyl (C=O) groups is 3. The number of carbonyl (C=O) groups excluding carboxylic acids is 3. The molecule has 1 unspecified atom stereocenters. The Hall–Kier alpha value is -1.59. The molecule has 6 nitrogen and oxygen atoms in total. The molecule has 6 heteroatoms. The first-order chi connectivity index (χ1) is 29.3. The molecule has 0 aliphatic carbocycles. The van der Waals surface area contributed by atoms with Gasteiger partial charge < -0.3 is 14.2 Å². The van der Waals surface area contributed by atoms with Crippen LogP contribution in [-0.2, 0) is 28.6 Å². The average Bonchev–Trinajstić information content (AvgIpc) is 3.23. The van der Waals surface area contributed by atoms with Crippen LogP contribution in [0.2, 0.25) is 0 Å². The van der Waals surface area contributed by atoms with Crippen LogP contribution in [0.3, 0.4) is 0 Å². The fourth-order valence-electron chi connectivity index (χ4n) is 8.13. The van der Waals surface area contributed by atoms with Gasteiger partial charge in [0.1, 0.15) is 13.2 Å². The predicted octanol–water partition coefficient (Wildman–Crippen LogP) is 17.3. The molecule has 0 aromatic heterocycles. The Morgan fingerprint density at radius 1 is 0.350 bits per heavy atom. The summed E-state index contributed by atoms with van der Waals surface area (Å²) in [5, 5.41) is 0. The number of ether oxygens (including phenoxy) is 3. The zero-order valence-electron chi connectivity index (χ0n) is 41.1. The van der Waals surface area contributed by atoms with Gasteiger partial charge in [0.25, 0.3) is 0 Å². The van der Waals surface area contributed by atoms with Crippen LogP contribution in [0.1, 0.15) is 298 Å². The van der Waals surface area contributed by atoms with Crippen molar-refractivity contribution < 1.29 is 28.6 Å². The van der Waals surface area contributed by atoms with Gasteiger partial charge in [-0.05, 0) is 31.1 Å². The zero-order valence-corrected chi connectivity index (χ0v) is 41.1. The lowest BCUT2D eigenvalue weighted by Gasteiger charge is -2.18. The lowest BCUT2D eigenvalue weighted by atomic mass is 9.99. The third-order valence-corrected chi connectivity index (χ3v) is 12.6. The van der Waals surface area contributed by atoms with Crippen LogP contribution in [-0.4, -0.2) is 37.2 Å². The number of hydrogen-bond donors (Lipinski definition) is 0. The fourth-order valence-corrected chi connectivity index (χ4v) is 8.13. The van der Waals surface area contributed by atoms with Crippen molar-refractivity contribution in [3.8, 4) is 0 Å². The van der Waals surface area contributed by atoms with Gasteiger partial charge in [-0.15, -0.1) is 0 Å². The van der Waals surface area contributed by atoms with Crippen molar-refractivity contribution in [3.05, 3.63) is 0 Å². The van der Waals surface area contributed by atoms with Gasteiger partial charge in [-0.1, -0.05) is 259 Å². The summed E-state index contributed by atoms with van der Waals surface area (Å²) in [6.07, 6.45) is 48.0. The Kier molecular flexibility index (Phi) is 45.7. The van der Waals surface area contributed by atoms with Crippen molar-refractivity contribution in [1.29, 1.82) is 0 Å². The summed E-state index contributed by atoms with van der Waals surface area (Å²) in [5.74, 6) is 0.825. The van der Waals surface area contributed by atoms with E-state index in [1.807, 2.05) is 0 Å². The van der Waals surface area contributed by atoms with E-state index in [9.17, 15) is 14.4 Å². The Balaban J connectivity index is 4.31. The number of rotatable bonds is 48. The van der Waals surface area contributed by atoms with Crippen molar-refractivity contribution in [2.75, 3.05) is 13.2 Å². The molecule has 0 rings (SSSR count). The summed E-state index contributed by atoms with van der Waals surface area (Å²) in [5.41, 5.74) is 0. The van der Waals surface area contributed by atoms with Crippen LogP contribution in [0.15, 0.2) is 0 Å². The summed E-state index contributed by atoms with van der Waals surface area (Å²) in [4.78, 5) is 38.0. The summed E-state index contributed by atoms with van der Waals surface area (Å²) in [6.45, 7) is 11.4. The van der Waals surface area contributed by atoms with Crippen LogP contribution < -0.4 is 0 Å². The highest BCUT2D eigenvalue weighted by molar-refractivity contribution is 5.71. The molecular formula is C54H104O6. The predicted molar refractivity (Wildman–Crippen MR) is 256 cm³/mol. The van der Waals surface area contributed by atoms with Gasteiger partial charge in [0.05, 0.1) is 0 Å². The Morgan fingerprint density at radius 3 is 0.950 bits per heavy atom. The van der Waals surface area contributed by atoms with Crippen molar-refractivity contribution in [1.82, 2.24) is 0 Å². The molecule has 0 radical (unpaired) electrons. The second-order valence-corrected chi connectivity index (χ2v) is 19.2. The van der Waals surface area contributed by atoms with Gasteiger partial charge in [0.15, 0.2) is 6.10 Å². The summed E-state index contributed by atoms with van der Waals surface area (Å²) in [7, 11) is 0. The topological polar surface area (TPSA) is 78.9 Å². The second-order valence-electron chi connectivity index (χ2n) is 19.2. The van der Waals surface area contributed by atoms with Crippen LogP contribution in [0.5, 0.6) is 0 Å². The SMILES string of the molecule is CCCCCCCCCCCCCCCCCCC(=O)OC[C@@H](COC(=O)CCCCCCCCCCC(C)CC)OC(=O)CCCCCCCCCCCCCC(C)C. The van der Waals surface area contributed by atoms with Crippen molar-refractivity contribution in [3.63, 3.8) is 0 Å². The highest BCUT2D eigenvalue weighted by Gasteiger charge is 2.19. The number of unbranched alkanes of at least 4 members (excludes halogenated alkanes) is 32. The summed E-state index contributed by atoms with van der Waals surface area (Å²) < 4.78 is 16.8. The van der Waals surface area contributed by atoms with E-state index in [1.54, 1.807) is 0 Å². The summed E-state index contributed by atoms with van der Waals surface area (Å²) in [6, 6.07) is 0. The van der Waals surface area contributed by atoms with Gasteiger partial charge in [0.2, 0.25) is 0 Å². The smallest absolute Gasteiger partial charge is 0.306 e. The lowest BCUT2D eigenvalue weighted by molar-refractivity contribution is -0.167. The molecule has 0 saturated heterocycles. The maximum Gasteiger partial charge on any atom is 0.306 e. The minimum atomic E-state index is -0.762. The quantitative estimate of drug-likeness (QED) is 0.0345. The van der Waals surface area contributed by atoms with Crippen molar-refractivity contribution >= 4 is 17.9 Å². The van der Waals surface area contributed by atoms with E-state index in [0.29, 0.717) is 19.3 Å². The van der Waals surface area contributed by atoms with Gasteiger partial charge in [-0.25, -0.2) is 0 Å². The van der Waals surface area contributed by atoms with E-state index >= 15 is 0 Å². The molecule has 0 fully saturated rings. The second kappa shape index (κ2) is 46.9. The molecule has 0 N–H and O–H groups in total. The molecule has 0 heterocycles. The van der Waals surface area contributed by atoms with E-state index in [0.717, 1.165) is 69.6 Å². The van der Waals surface area contributed by atoms with E-state index in [2.05, 4.69) is 34.6 Å². The fraction of sp³-hybridized carbons (Fsp3) is 0.944. The summed E-state index contributed by atoms with van der Waals surface area (Å²) >= 11 is 0. The molecule has 0 saturated carbocycles. The standard InChI is InChI=1S/C54H104O6/c1-6-8-9-10-11-12-13-14-15-16-17-20-23-29-34-39-44-52(55)58-47-51(48-59-53(56)45-40-35-30-26-25-28-33-38-43-50(5)7-2)60-54(57)46-41-36-31-24-21-18-19-22-27-32-37-42-49(3)4/h49-51H,6-48H2,1-5H3/t50?,51-/m0/s1. The van der Waals surface area contributed by atoms with E-state index in [-0.39, 0.29) is 31.1 Å². The number of esters is 3. The van der Waals surface area contributed by atoms with E-state index in [1.165, 1.54) is 186 Å². The molecule has 0 amide bonds. The Bertz CT molecular complexity index is 918. The van der Waals surface area contributed by atoms with Gasteiger partial charge in [0, 0.05) is 19.3 Å². The van der Waals surface area contributed by atoms with Crippen LogP contribution in [0, 0.1) is 11.8 Å². The molecule has 60 heavy (non-hydrogen) atoms. The first-order valence-electron chi connectivity index (χ1n) is 26.8. The molecule has 0 spiro atoms. The Morgan fingerprint density at radius 2 is 0.633 bits per heavy atom. The molecule has 356 valence electrons. The highest BCUT2D eigenvalue weighted by atomic mass is 16.6. The first-order valence-corrected chi connectivity index (χ1v) is 26.8. The minimum absolute atomic E-state index is 0.0637. The van der Waals surface area contributed by atoms with Crippen molar-refractivity contribution in [2.24, 2.45) is 11.8 Å². The largest absolute Gasteiger partial charge is 0.462 e. The van der Waals surface area contributed by atoms with E-state index < -0.39 is 6.10 Å². The molecule has 0 aliphatic rings. The van der Waals surface area contributed by atoms with Crippen LogP contribution >= 0.6 is 0 Å². The van der Waals surface area contributed by atoms with Crippen LogP contribution in [0.4, 0.5) is 0 Å². The lowest BCUT2D eigenvalue weighted by Crippen LogP contribution is -2.30. The molecular weight excluding hydrogens is 745 g/mol. The molecule has 2 atom stereocenters. The normalized spacial score (nSPS) is 12.5.